The van der Waals surface area contributed by atoms with Crippen molar-refractivity contribution in [3.05, 3.63) is 28.9 Å². The first-order valence-corrected chi connectivity index (χ1v) is 6.00. The van der Waals surface area contributed by atoms with Gasteiger partial charge in [-0.2, -0.15) is 0 Å². The second-order valence-corrected chi connectivity index (χ2v) is 4.45. The van der Waals surface area contributed by atoms with Crippen molar-refractivity contribution in [3.63, 3.8) is 0 Å². The highest BCUT2D eigenvalue weighted by Crippen LogP contribution is 2.22. The summed E-state index contributed by atoms with van der Waals surface area (Å²) in [6.07, 6.45) is 1.88. The van der Waals surface area contributed by atoms with E-state index in [0.29, 0.717) is 11.3 Å². The SMILES string of the molecule is NC(=O)c1ccsc1NC(=O)Cn1cc(C=O)nn1. The van der Waals surface area contributed by atoms with Crippen LogP contribution in [0.5, 0.6) is 0 Å². The zero-order valence-electron chi connectivity index (χ0n) is 9.57. The van der Waals surface area contributed by atoms with Crippen LogP contribution >= 0.6 is 11.3 Å². The van der Waals surface area contributed by atoms with Crippen LogP contribution in [0, 0.1) is 0 Å². The van der Waals surface area contributed by atoms with Gasteiger partial charge in [0.25, 0.3) is 5.91 Å². The molecular formula is C10H9N5O3S. The largest absolute Gasteiger partial charge is 0.366 e. The number of anilines is 1. The molecule has 2 aromatic heterocycles. The van der Waals surface area contributed by atoms with Crippen molar-refractivity contribution in [1.29, 1.82) is 0 Å². The Bertz CT molecular complexity index is 633. The quantitative estimate of drug-likeness (QED) is 0.740. The first kappa shape index (κ1) is 12.9. The van der Waals surface area contributed by atoms with Gasteiger partial charge in [-0.15, -0.1) is 16.4 Å². The number of nitrogens with one attached hydrogen (secondary N) is 1. The first-order valence-electron chi connectivity index (χ1n) is 5.12. The molecule has 9 heteroatoms. The first-order chi connectivity index (χ1) is 9.10. The summed E-state index contributed by atoms with van der Waals surface area (Å²) in [5.41, 5.74) is 5.55. The van der Waals surface area contributed by atoms with Gasteiger partial charge < -0.3 is 11.1 Å². The van der Waals surface area contributed by atoms with Crippen LogP contribution in [0.4, 0.5) is 5.00 Å². The Labute approximate surface area is 111 Å². The van der Waals surface area contributed by atoms with Gasteiger partial charge in [0.1, 0.15) is 17.2 Å². The topological polar surface area (TPSA) is 120 Å². The minimum Gasteiger partial charge on any atom is -0.366 e. The maximum absolute atomic E-state index is 11.7. The fourth-order valence-corrected chi connectivity index (χ4v) is 2.17. The number of hydrogen-bond acceptors (Lipinski definition) is 6. The van der Waals surface area contributed by atoms with E-state index in [-0.39, 0.29) is 17.8 Å². The van der Waals surface area contributed by atoms with E-state index < -0.39 is 11.8 Å². The molecule has 0 fully saturated rings. The highest BCUT2D eigenvalue weighted by molar-refractivity contribution is 7.14. The number of aldehydes is 1. The summed E-state index contributed by atoms with van der Waals surface area (Å²) in [6.45, 7) is -0.114. The predicted octanol–water partition coefficient (Wildman–Crippen LogP) is -0.110. The fourth-order valence-electron chi connectivity index (χ4n) is 1.36. The van der Waals surface area contributed by atoms with Gasteiger partial charge >= 0.3 is 0 Å². The van der Waals surface area contributed by atoms with Crippen molar-refractivity contribution in [2.24, 2.45) is 5.73 Å². The molecule has 8 nitrogen and oxygen atoms in total. The van der Waals surface area contributed by atoms with Crippen LogP contribution < -0.4 is 11.1 Å². The Hall–Kier alpha value is -2.55. The van der Waals surface area contributed by atoms with Crippen LogP contribution in [0.15, 0.2) is 17.6 Å². The smallest absolute Gasteiger partial charge is 0.251 e. The van der Waals surface area contributed by atoms with Gasteiger partial charge in [0.15, 0.2) is 6.29 Å². The summed E-state index contributed by atoms with van der Waals surface area (Å²) in [4.78, 5) is 33.2. The summed E-state index contributed by atoms with van der Waals surface area (Å²) in [5.74, 6) is -1.01. The number of carbonyl (C=O) groups excluding carboxylic acids is 3. The molecule has 2 rings (SSSR count). The van der Waals surface area contributed by atoms with Crippen LogP contribution in [0.25, 0.3) is 0 Å². The molecule has 0 aliphatic heterocycles. The molecule has 0 radical (unpaired) electrons. The van der Waals surface area contributed by atoms with Gasteiger partial charge in [0, 0.05) is 0 Å². The predicted molar refractivity (Wildman–Crippen MR) is 66.9 cm³/mol. The van der Waals surface area contributed by atoms with Crippen molar-refractivity contribution in [2.75, 3.05) is 5.32 Å². The summed E-state index contributed by atoms with van der Waals surface area (Å²) in [5, 5.41) is 11.7. The normalized spacial score (nSPS) is 10.1. The van der Waals surface area contributed by atoms with Crippen LogP contribution in [-0.2, 0) is 11.3 Å². The lowest BCUT2D eigenvalue weighted by atomic mass is 10.3. The lowest BCUT2D eigenvalue weighted by Crippen LogP contribution is -2.21. The Morgan fingerprint density at radius 2 is 2.32 bits per heavy atom. The third-order valence-corrected chi connectivity index (χ3v) is 3.00. The number of carbonyl (C=O) groups is 3. The van der Waals surface area contributed by atoms with E-state index >= 15 is 0 Å². The van der Waals surface area contributed by atoms with Crippen molar-refractivity contribution >= 4 is 34.4 Å². The third-order valence-electron chi connectivity index (χ3n) is 2.17. The molecule has 0 spiro atoms. The van der Waals surface area contributed by atoms with Gasteiger partial charge in [-0.25, -0.2) is 4.68 Å². The van der Waals surface area contributed by atoms with Gasteiger partial charge in [-0.3, -0.25) is 14.4 Å². The van der Waals surface area contributed by atoms with E-state index in [0.717, 1.165) is 0 Å². The minimum atomic E-state index is -0.611. The summed E-state index contributed by atoms with van der Waals surface area (Å²) in [7, 11) is 0. The lowest BCUT2D eigenvalue weighted by Gasteiger charge is -2.03. The maximum Gasteiger partial charge on any atom is 0.251 e. The summed E-state index contributed by atoms with van der Waals surface area (Å²) in [6, 6.07) is 1.53. The standard InChI is InChI=1S/C10H9N5O3S/c11-9(18)7-1-2-19-10(7)12-8(17)4-15-3-6(5-16)13-14-15/h1-3,5H,4H2,(H2,11,18)(H,12,17). The summed E-state index contributed by atoms with van der Waals surface area (Å²) >= 11 is 1.19. The van der Waals surface area contributed by atoms with Gasteiger partial charge in [-0.1, -0.05) is 5.21 Å². The number of nitrogens with two attached hydrogens (primary N) is 1. The van der Waals surface area contributed by atoms with E-state index in [2.05, 4.69) is 15.6 Å². The van der Waals surface area contributed by atoms with Crippen LogP contribution in [0.2, 0.25) is 0 Å². The van der Waals surface area contributed by atoms with Crippen LogP contribution in [-0.4, -0.2) is 33.1 Å². The molecular weight excluding hydrogens is 270 g/mol. The fraction of sp³-hybridized carbons (Fsp3) is 0.100. The number of amides is 2. The van der Waals surface area contributed by atoms with Gasteiger partial charge in [-0.05, 0) is 11.4 Å². The maximum atomic E-state index is 11.7. The zero-order valence-corrected chi connectivity index (χ0v) is 10.4. The van der Waals surface area contributed by atoms with E-state index in [1.54, 1.807) is 5.38 Å². The molecule has 0 saturated heterocycles. The van der Waals surface area contributed by atoms with Crippen molar-refractivity contribution in [1.82, 2.24) is 15.0 Å². The highest BCUT2D eigenvalue weighted by Gasteiger charge is 2.13. The second-order valence-electron chi connectivity index (χ2n) is 3.53. The highest BCUT2D eigenvalue weighted by atomic mass is 32.1. The molecule has 2 amide bonds. The Kier molecular flexibility index (Phi) is 3.66. The van der Waals surface area contributed by atoms with E-state index in [4.69, 9.17) is 5.73 Å². The van der Waals surface area contributed by atoms with Gasteiger partial charge in [0.2, 0.25) is 5.91 Å². The molecule has 0 aromatic carbocycles. The van der Waals surface area contributed by atoms with E-state index in [9.17, 15) is 14.4 Å². The number of aromatic nitrogens is 3. The molecule has 0 aliphatic rings. The van der Waals surface area contributed by atoms with Gasteiger partial charge in [0.05, 0.1) is 11.8 Å². The molecule has 0 aliphatic carbocycles. The molecule has 3 N–H and O–H groups in total. The van der Waals surface area contributed by atoms with E-state index in [1.165, 1.54) is 28.3 Å². The third kappa shape index (κ3) is 3.01. The molecule has 2 heterocycles. The second kappa shape index (κ2) is 5.40. The Morgan fingerprint density at radius 3 is 2.95 bits per heavy atom. The Morgan fingerprint density at radius 1 is 1.53 bits per heavy atom. The molecule has 2 aromatic rings. The zero-order chi connectivity index (χ0) is 13.8. The van der Waals surface area contributed by atoms with Crippen molar-refractivity contribution < 1.29 is 14.4 Å². The van der Waals surface area contributed by atoms with Crippen molar-refractivity contribution in [3.8, 4) is 0 Å². The Balaban J connectivity index is 2.03. The number of thiophene rings is 1. The average molecular weight is 279 g/mol. The van der Waals surface area contributed by atoms with E-state index in [1.807, 2.05) is 0 Å². The minimum absolute atomic E-state index is 0.114. The average Bonchev–Trinajstić information content (AvgIpc) is 2.97. The monoisotopic (exact) mass is 279 g/mol. The number of primary amides is 1. The molecule has 0 unspecified atom stereocenters. The molecule has 0 atom stereocenters. The lowest BCUT2D eigenvalue weighted by molar-refractivity contribution is -0.116. The van der Waals surface area contributed by atoms with Crippen LogP contribution in [0.3, 0.4) is 0 Å². The molecule has 0 bridgehead atoms. The molecule has 0 saturated carbocycles. The molecule has 19 heavy (non-hydrogen) atoms. The van der Waals surface area contributed by atoms with Crippen molar-refractivity contribution in [2.45, 2.75) is 6.54 Å². The number of hydrogen-bond donors (Lipinski definition) is 2. The number of rotatable bonds is 5. The molecule has 98 valence electrons. The van der Waals surface area contributed by atoms with Crippen LogP contribution in [0.1, 0.15) is 20.8 Å². The summed E-state index contributed by atoms with van der Waals surface area (Å²) < 4.78 is 1.22. The number of nitrogens with zero attached hydrogens (tertiary/aromatic N) is 3.